The van der Waals surface area contributed by atoms with Gasteiger partial charge in [0.1, 0.15) is 11.7 Å². The molecule has 0 saturated carbocycles. The number of nitriles is 1. The molecule has 0 spiro atoms. The van der Waals surface area contributed by atoms with Gasteiger partial charge in [-0.05, 0) is 31.9 Å². The fraction of sp³-hybridized carbons (Fsp3) is 0.333. The van der Waals surface area contributed by atoms with E-state index in [1.54, 1.807) is 13.2 Å². The molecule has 0 bridgehead atoms. The molecule has 2 rings (SSSR count). The number of carbonyl (C=O) groups is 1. The van der Waals surface area contributed by atoms with Crippen molar-refractivity contribution in [2.45, 2.75) is 33.3 Å². The number of rotatable bonds is 3. The second kappa shape index (κ2) is 5.15. The first-order valence-corrected chi connectivity index (χ1v) is 6.08. The Balaban J connectivity index is 2.25. The highest BCUT2D eigenvalue weighted by molar-refractivity contribution is 5.88. The number of hydrogen-bond acceptors (Lipinski definition) is 4. The topological polar surface area (TPSA) is 63.2 Å². The number of nitrogens with zero attached hydrogens (tertiary/aromatic N) is 1. The Kier molecular flexibility index (Phi) is 3.57. The molecule has 1 aromatic carbocycles. The maximum absolute atomic E-state index is 11.7. The van der Waals surface area contributed by atoms with Crippen LogP contribution < -0.4 is 0 Å². The van der Waals surface area contributed by atoms with Crippen LogP contribution in [-0.2, 0) is 16.0 Å². The van der Waals surface area contributed by atoms with Crippen LogP contribution in [0, 0.1) is 25.2 Å². The van der Waals surface area contributed by atoms with Crippen molar-refractivity contribution in [2.75, 3.05) is 0 Å². The third kappa shape index (κ3) is 2.60. The van der Waals surface area contributed by atoms with Gasteiger partial charge in [-0.25, -0.2) is 0 Å². The lowest BCUT2D eigenvalue weighted by Gasteiger charge is -2.05. The lowest BCUT2D eigenvalue weighted by molar-refractivity contribution is -0.145. The van der Waals surface area contributed by atoms with Gasteiger partial charge < -0.3 is 9.15 Å². The molecule has 0 aliphatic heterocycles. The summed E-state index contributed by atoms with van der Waals surface area (Å²) in [6.45, 7) is 5.54. The molecule has 2 aromatic rings. The predicted molar refractivity (Wildman–Crippen MR) is 70.6 cm³/mol. The van der Waals surface area contributed by atoms with Crippen molar-refractivity contribution in [3.8, 4) is 6.07 Å². The van der Waals surface area contributed by atoms with Crippen molar-refractivity contribution in [1.82, 2.24) is 0 Å². The molecule has 0 unspecified atom stereocenters. The number of carbonyl (C=O) groups excluding carboxylic acids is 1. The second-order valence-electron chi connectivity index (χ2n) is 4.58. The molecule has 0 saturated heterocycles. The fourth-order valence-corrected chi connectivity index (χ4v) is 1.95. The van der Waals surface area contributed by atoms with E-state index in [9.17, 15) is 4.79 Å². The molecule has 0 amide bonds. The van der Waals surface area contributed by atoms with Crippen molar-refractivity contribution < 1.29 is 13.9 Å². The molecule has 1 aromatic heterocycles. The highest BCUT2D eigenvalue weighted by Crippen LogP contribution is 2.26. The molecular formula is C15H15NO3. The van der Waals surface area contributed by atoms with Gasteiger partial charge in [0, 0.05) is 10.9 Å². The normalized spacial score (nSPS) is 12.1. The number of esters is 1. The monoisotopic (exact) mass is 257 g/mol. The smallest absolute Gasteiger partial charge is 0.311 e. The summed E-state index contributed by atoms with van der Waals surface area (Å²) < 4.78 is 10.5. The van der Waals surface area contributed by atoms with E-state index in [0.29, 0.717) is 0 Å². The molecule has 0 N–H and O–H groups in total. The Morgan fingerprint density at radius 3 is 2.89 bits per heavy atom. The lowest BCUT2D eigenvalue weighted by Crippen LogP contribution is -2.14. The number of hydrogen-bond donors (Lipinski definition) is 0. The third-order valence-electron chi connectivity index (χ3n) is 3.17. The van der Waals surface area contributed by atoms with Gasteiger partial charge in [-0.15, -0.1) is 0 Å². The summed E-state index contributed by atoms with van der Waals surface area (Å²) in [4.78, 5) is 11.7. The van der Waals surface area contributed by atoms with E-state index >= 15 is 0 Å². The van der Waals surface area contributed by atoms with Crippen molar-refractivity contribution in [3.05, 3.63) is 35.1 Å². The number of ether oxygens (including phenoxy) is 1. The van der Waals surface area contributed by atoms with E-state index in [2.05, 4.69) is 0 Å². The Morgan fingerprint density at radius 1 is 1.47 bits per heavy atom. The van der Waals surface area contributed by atoms with Gasteiger partial charge in [-0.3, -0.25) is 4.79 Å². The molecule has 1 atom stereocenters. The SMILES string of the molecule is Cc1ccc2c(CC(=O)O[C@@H](C)C#N)coc2c1C. The number of aryl methyl sites for hydroxylation is 2. The van der Waals surface area contributed by atoms with Crippen LogP contribution in [0.15, 0.2) is 22.8 Å². The summed E-state index contributed by atoms with van der Waals surface area (Å²) in [6.07, 6.45) is 0.964. The highest BCUT2D eigenvalue weighted by atomic mass is 16.5. The van der Waals surface area contributed by atoms with Crippen LogP contribution in [0.3, 0.4) is 0 Å². The van der Waals surface area contributed by atoms with Crippen LogP contribution in [0.25, 0.3) is 11.0 Å². The van der Waals surface area contributed by atoms with Crippen molar-refractivity contribution >= 4 is 16.9 Å². The third-order valence-corrected chi connectivity index (χ3v) is 3.17. The zero-order valence-electron chi connectivity index (χ0n) is 11.2. The first-order chi connectivity index (χ1) is 9.02. The minimum Gasteiger partial charge on any atom is -0.464 e. The van der Waals surface area contributed by atoms with Crippen LogP contribution in [0.1, 0.15) is 23.6 Å². The maximum atomic E-state index is 11.7. The van der Waals surface area contributed by atoms with E-state index < -0.39 is 12.1 Å². The van der Waals surface area contributed by atoms with Crippen LogP contribution in [0.2, 0.25) is 0 Å². The van der Waals surface area contributed by atoms with E-state index in [1.807, 2.05) is 32.0 Å². The predicted octanol–water partition coefficient (Wildman–Crippen LogP) is 3.05. The van der Waals surface area contributed by atoms with Gasteiger partial charge in [0.25, 0.3) is 0 Å². The molecular weight excluding hydrogens is 242 g/mol. The largest absolute Gasteiger partial charge is 0.464 e. The van der Waals surface area contributed by atoms with Crippen LogP contribution in [0.4, 0.5) is 0 Å². The number of fused-ring (bicyclic) bond motifs is 1. The van der Waals surface area contributed by atoms with Gasteiger partial charge in [0.05, 0.1) is 12.7 Å². The second-order valence-corrected chi connectivity index (χ2v) is 4.58. The standard InChI is InChI=1S/C15H15NO3/c1-9-4-5-13-12(8-18-15(13)11(9)3)6-14(17)19-10(2)7-16/h4-5,8,10H,6H2,1-3H3/t10-/m0/s1. The molecule has 0 aliphatic carbocycles. The van der Waals surface area contributed by atoms with E-state index in [1.165, 1.54) is 0 Å². The number of furan rings is 1. The van der Waals surface area contributed by atoms with Crippen LogP contribution in [0.5, 0.6) is 0 Å². The first-order valence-electron chi connectivity index (χ1n) is 6.08. The molecule has 4 nitrogen and oxygen atoms in total. The van der Waals surface area contributed by atoms with E-state index in [4.69, 9.17) is 14.4 Å². The molecule has 1 heterocycles. The molecule has 0 radical (unpaired) electrons. The minimum absolute atomic E-state index is 0.113. The summed E-state index contributed by atoms with van der Waals surface area (Å²) in [5.74, 6) is -0.421. The Morgan fingerprint density at radius 2 is 2.21 bits per heavy atom. The van der Waals surface area contributed by atoms with Gasteiger partial charge in [-0.1, -0.05) is 12.1 Å². The maximum Gasteiger partial charge on any atom is 0.311 e. The Bertz CT molecular complexity index is 664. The summed E-state index contributed by atoms with van der Waals surface area (Å²) in [5, 5.41) is 9.52. The van der Waals surface area contributed by atoms with Crippen molar-refractivity contribution in [2.24, 2.45) is 0 Å². The molecule has 98 valence electrons. The molecule has 0 aliphatic rings. The summed E-state index contributed by atoms with van der Waals surface area (Å²) >= 11 is 0. The highest BCUT2D eigenvalue weighted by Gasteiger charge is 2.15. The van der Waals surface area contributed by atoms with Crippen molar-refractivity contribution in [3.63, 3.8) is 0 Å². The zero-order chi connectivity index (χ0) is 14.0. The lowest BCUT2D eigenvalue weighted by atomic mass is 10.0. The van der Waals surface area contributed by atoms with Gasteiger partial charge >= 0.3 is 5.97 Å². The summed E-state index contributed by atoms with van der Waals surface area (Å²) in [6, 6.07) is 5.80. The average molecular weight is 257 g/mol. The average Bonchev–Trinajstić information content (AvgIpc) is 2.77. The van der Waals surface area contributed by atoms with Gasteiger partial charge in [0.2, 0.25) is 0 Å². The quantitative estimate of drug-likeness (QED) is 0.793. The molecule has 19 heavy (non-hydrogen) atoms. The zero-order valence-corrected chi connectivity index (χ0v) is 11.2. The van der Waals surface area contributed by atoms with E-state index in [-0.39, 0.29) is 6.42 Å². The van der Waals surface area contributed by atoms with Crippen molar-refractivity contribution in [1.29, 1.82) is 5.26 Å². The number of benzene rings is 1. The summed E-state index contributed by atoms with van der Waals surface area (Å²) in [7, 11) is 0. The Hall–Kier alpha value is -2.28. The molecule has 4 heteroatoms. The minimum atomic E-state index is -0.727. The summed E-state index contributed by atoms with van der Waals surface area (Å²) in [5.41, 5.74) is 3.81. The van der Waals surface area contributed by atoms with Gasteiger partial charge in [0.15, 0.2) is 6.10 Å². The van der Waals surface area contributed by atoms with Gasteiger partial charge in [-0.2, -0.15) is 5.26 Å². The fourth-order valence-electron chi connectivity index (χ4n) is 1.95. The van der Waals surface area contributed by atoms with Crippen LogP contribution in [-0.4, -0.2) is 12.1 Å². The molecule has 0 fully saturated rings. The van der Waals surface area contributed by atoms with Crippen LogP contribution >= 0.6 is 0 Å². The van der Waals surface area contributed by atoms with E-state index in [0.717, 1.165) is 27.7 Å². The first kappa shape index (κ1) is 13.2. The Labute approximate surface area is 111 Å².